The van der Waals surface area contributed by atoms with Crippen LogP contribution in [0.3, 0.4) is 0 Å². The lowest BCUT2D eigenvalue weighted by molar-refractivity contribution is 0.389. The minimum atomic E-state index is 0.0245. The zero-order valence-corrected chi connectivity index (χ0v) is 10.9. The van der Waals surface area contributed by atoms with Gasteiger partial charge in [-0.25, -0.2) is 0 Å². The standard InChI is InChI=1S/C12H9BrN2O2/c1-16-10-4-8(3-9(6-14)7-15)5-11(17-2)12(10)13/h3-5H,1-2H3. The number of methoxy groups -OCH3 is 2. The number of nitriles is 2. The van der Waals surface area contributed by atoms with Crippen molar-refractivity contribution < 1.29 is 9.47 Å². The Morgan fingerprint density at radius 3 is 2.00 bits per heavy atom. The predicted octanol–water partition coefficient (Wildman–Crippen LogP) is 2.90. The molecule has 4 nitrogen and oxygen atoms in total. The molecule has 0 aliphatic heterocycles. The molecule has 0 amide bonds. The highest BCUT2D eigenvalue weighted by molar-refractivity contribution is 9.10. The van der Waals surface area contributed by atoms with Crippen molar-refractivity contribution in [2.45, 2.75) is 0 Å². The van der Waals surface area contributed by atoms with Gasteiger partial charge in [0.05, 0.1) is 14.2 Å². The first-order valence-corrected chi connectivity index (χ1v) is 5.39. The molecule has 0 aliphatic carbocycles. The fourth-order valence-electron chi connectivity index (χ4n) is 1.23. The first-order chi connectivity index (χ1) is 8.15. The molecule has 0 unspecified atom stereocenters. The number of allylic oxidation sites excluding steroid dienone is 1. The van der Waals surface area contributed by atoms with Crippen LogP contribution < -0.4 is 9.47 Å². The van der Waals surface area contributed by atoms with Crippen LogP contribution in [0.25, 0.3) is 6.08 Å². The monoisotopic (exact) mass is 292 g/mol. The van der Waals surface area contributed by atoms with Gasteiger partial charge in [-0.3, -0.25) is 0 Å². The molecule has 0 bridgehead atoms. The summed E-state index contributed by atoms with van der Waals surface area (Å²) in [7, 11) is 3.06. The van der Waals surface area contributed by atoms with Gasteiger partial charge < -0.3 is 9.47 Å². The lowest BCUT2D eigenvalue weighted by Crippen LogP contribution is -1.91. The summed E-state index contributed by atoms with van der Waals surface area (Å²) in [5.41, 5.74) is 0.691. The number of ether oxygens (including phenoxy) is 2. The van der Waals surface area contributed by atoms with Crippen molar-refractivity contribution in [3.05, 3.63) is 27.7 Å². The van der Waals surface area contributed by atoms with Gasteiger partial charge in [0.25, 0.3) is 0 Å². The van der Waals surface area contributed by atoms with Gasteiger partial charge in [-0.2, -0.15) is 10.5 Å². The van der Waals surface area contributed by atoms with Crippen LogP contribution in [0.15, 0.2) is 22.2 Å². The normalized spacial score (nSPS) is 8.76. The van der Waals surface area contributed by atoms with Gasteiger partial charge >= 0.3 is 0 Å². The zero-order valence-electron chi connectivity index (χ0n) is 9.32. The molecule has 0 saturated carbocycles. The van der Waals surface area contributed by atoms with Crippen LogP contribution in [0.2, 0.25) is 0 Å². The van der Waals surface area contributed by atoms with Crippen LogP contribution >= 0.6 is 15.9 Å². The van der Waals surface area contributed by atoms with Gasteiger partial charge in [-0.15, -0.1) is 0 Å². The Hall–Kier alpha value is -1.98. The first kappa shape index (κ1) is 13.1. The maximum atomic E-state index is 8.68. The maximum Gasteiger partial charge on any atom is 0.137 e. The summed E-state index contributed by atoms with van der Waals surface area (Å²) in [5, 5.41) is 17.4. The third kappa shape index (κ3) is 2.99. The number of halogens is 1. The lowest BCUT2D eigenvalue weighted by Gasteiger charge is -2.09. The molecule has 0 heterocycles. The van der Waals surface area contributed by atoms with Crippen molar-refractivity contribution in [3.63, 3.8) is 0 Å². The Bertz CT molecular complexity index is 497. The summed E-state index contributed by atoms with van der Waals surface area (Å²) in [6.45, 7) is 0. The average molecular weight is 293 g/mol. The second-order valence-corrected chi connectivity index (χ2v) is 3.81. The molecule has 0 atom stereocenters. The van der Waals surface area contributed by atoms with Gasteiger partial charge in [0, 0.05) is 0 Å². The summed E-state index contributed by atoms with van der Waals surface area (Å²) in [5.74, 6) is 1.15. The summed E-state index contributed by atoms with van der Waals surface area (Å²) < 4.78 is 11.0. The van der Waals surface area contributed by atoms with Gasteiger partial charge in [0.1, 0.15) is 33.7 Å². The van der Waals surface area contributed by atoms with Crippen LogP contribution in [0.5, 0.6) is 11.5 Å². The maximum absolute atomic E-state index is 8.68. The molecule has 0 N–H and O–H groups in total. The van der Waals surface area contributed by atoms with Crippen molar-refractivity contribution in [2.24, 2.45) is 0 Å². The van der Waals surface area contributed by atoms with E-state index >= 15 is 0 Å². The first-order valence-electron chi connectivity index (χ1n) is 4.59. The molecule has 17 heavy (non-hydrogen) atoms. The molecule has 0 aromatic heterocycles. The van der Waals surface area contributed by atoms with Crippen LogP contribution in [0, 0.1) is 22.7 Å². The van der Waals surface area contributed by atoms with E-state index in [1.165, 1.54) is 20.3 Å². The van der Waals surface area contributed by atoms with Gasteiger partial charge in [-0.1, -0.05) is 0 Å². The van der Waals surface area contributed by atoms with Crippen molar-refractivity contribution >= 4 is 22.0 Å². The second-order valence-electron chi connectivity index (χ2n) is 3.02. The zero-order chi connectivity index (χ0) is 12.8. The van der Waals surface area contributed by atoms with Crippen LogP contribution in [-0.4, -0.2) is 14.2 Å². The molecule has 1 rings (SSSR count). The molecule has 0 spiro atoms. The summed E-state index contributed by atoms with van der Waals surface area (Å²) in [4.78, 5) is 0. The van der Waals surface area contributed by atoms with E-state index in [0.29, 0.717) is 21.5 Å². The van der Waals surface area contributed by atoms with E-state index in [-0.39, 0.29) is 5.57 Å². The molecule has 86 valence electrons. The Balaban J connectivity index is 3.34. The molecule has 1 aromatic rings. The quantitative estimate of drug-likeness (QED) is 0.804. The molecule has 5 heteroatoms. The van der Waals surface area contributed by atoms with Gasteiger partial charge in [0.15, 0.2) is 0 Å². The molecular formula is C12H9BrN2O2. The van der Waals surface area contributed by atoms with E-state index in [1.54, 1.807) is 24.3 Å². The SMILES string of the molecule is COc1cc(C=C(C#N)C#N)cc(OC)c1Br. The van der Waals surface area contributed by atoms with E-state index in [0.717, 1.165) is 0 Å². The third-order valence-corrected chi connectivity index (χ3v) is 2.80. The average Bonchev–Trinajstić information content (AvgIpc) is 2.37. The summed E-state index contributed by atoms with van der Waals surface area (Å²) in [6, 6.07) is 7.01. The molecule has 1 aromatic carbocycles. The summed E-state index contributed by atoms with van der Waals surface area (Å²) in [6.07, 6.45) is 1.47. The fourth-order valence-corrected chi connectivity index (χ4v) is 1.78. The Kier molecular flexibility index (Phi) is 4.56. The van der Waals surface area contributed by atoms with Crippen molar-refractivity contribution in [1.82, 2.24) is 0 Å². The van der Waals surface area contributed by atoms with E-state index in [1.807, 2.05) is 0 Å². The molecule has 0 radical (unpaired) electrons. The fraction of sp³-hybridized carbons (Fsp3) is 0.167. The number of nitrogens with zero attached hydrogens (tertiary/aromatic N) is 2. The Morgan fingerprint density at radius 2 is 1.65 bits per heavy atom. The number of hydrogen-bond acceptors (Lipinski definition) is 4. The van der Waals surface area contributed by atoms with Crippen LogP contribution in [0.1, 0.15) is 5.56 Å². The number of benzene rings is 1. The summed E-state index contributed by atoms with van der Waals surface area (Å²) >= 11 is 3.34. The van der Waals surface area contributed by atoms with Crippen molar-refractivity contribution in [1.29, 1.82) is 10.5 Å². The number of rotatable bonds is 3. The Labute approximate surface area is 108 Å². The van der Waals surface area contributed by atoms with Gasteiger partial charge in [0.2, 0.25) is 0 Å². The second kappa shape index (κ2) is 5.93. The lowest BCUT2D eigenvalue weighted by atomic mass is 10.1. The van der Waals surface area contributed by atoms with Gasteiger partial charge in [-0.05, 0) is 39.7 Å². The number of hydrogen-bond donors (Lipinski definition) is 0. The van der Waals surface area contributed by atoms with Crippen LogP contribution in [-0.2, 0) is 0 Å². The van der Waals surface area contributed by atoms with Crippen molar-refractivity contribution in [2.75, 3.05) is 14.2 Å². The van der Waals surface area contributed by atoms with E-state index in [4.69, 9.17) is 20.0 Å². The van der Waals surface area contributed by atoms with Crippen LogP contribution in [0.4, 0.5) is 0 Å². The van der Waals surface area contributed by atoms with Crippen molar-refractivity contribution in [3.8, 4) is 23.6 Å². The Morgan fingerprint density at radius 1 is 1.18 bits per heavy atom. The largest absolute Gasteiger partial charge is 0.495 e. The highest BCUT2D eigenvalue weighted by atomic mass is 79.9. The minimum absolute atomic E-state index is 0.0245. The highest BCUT2D eigenvalue weighted by Crippen LogP contribution is 2.36. The molecule has 0 aliphatic rings. The molecule has 0 fully saturated rings. The highest BCUT2D eigenvalue weighted by Gasteiger charge is 2.09. The van der Waals surface area contributed by atoms with E-state index < -0.39 is 0 Å². The van der Waals surface area contributed by atoms with E-state index in [9.17, 15) is 0 Å². The predicted molar refractivity (Wildman–Crippen MR) is 66.4 cm³/mol. The molecular weight excluding hydrogens is 284 g/mol. The minimum Gasteiger partial charge on any atom is -0.495 e. The topological polar surface area (TPSA) is 66.0 Å². The molecule has 0 saturated heterocycles. The van der Waals surface area contributed by atoms with E-state index in [2.05, 4.69) is 15.9 Å². The smallest absolute Gasteiger partial charge is 0.137 e. The third-order valence-electron chi connectivity index (χ3n) is 2.02.